The molecular weight excluding hydrogens is 242 g/mol. The van der Waals surface area contributed by atoms with Crippen molar-refractivity contribution in [2.24, 2.45) is 0 Å². The summed E-state index contributed by atoms with van der Waals surface area (Å²) in [5.74, 6) is 0.746. The van der Waals surface area contributed by atoms with Crippen LogP contribution in [0.1, 0.15) is 11.1 Å². The highest BCUT2D eigenvalue weighted by molar-refractivity contribution is 8.00. The first-order chi connectivity index (χ1) is 8.75. The zero-order valence-electron chi connectivity index (χ0n) is 10.3. The molecule has 0 bridgehead atoms. The summed E-state index contributed by atoms with van der Waals surface area (Å²) in [7, 11) is 0. The van der Waals surface area contributed by atoms with Crippen molar-refractivity contribution in [2.45, 2.75) is 18.2 Å². The van der Waals surface area contributed by atoms with Gasteiger partial charge in [-0.1, -0.05) is 24.3 Å². The molecule has 3 heteroatoms. The molecule has 0 aliphatic heterocycles. The van der Waals surface area contributed by atoms with Crippen molar-refractivity contribution in [3.05, 3.63) is 59.9 Å². The molecule has 0 spiro atoms. The standard InChI is InChI=1S/C15H15NOS/c1-12-5-2-3-7-15(12)18-11-14(17)9-13-6-4-8-16-10-13/h2-8,10H,9,11H2,1H3. The fraction of sp³-hybridized carbons (Fsp3) is 0.200. The second kappa shape index (κ2) is 6.36. The van der Waals surface area contributed by atoms with Gasteiger partial charge in [-0.3, -0.25) is 9.78 Å². The topological polar surface area (TPSA) is 30.0 Å². The Morgan fingerprint density at radius 2 is 2.06 bits per heavy atom. The molecule has 0 atom stereocenters. The van der Waals surface area contributed by atoms with Crippen LogP contribution in [-0.4, -0.2) is 16.5 Å². The number of Topliss-reactive ketones (excluding diaryl/α,β-unsaturated/α-hetero) is 1. The summed E-state index contributed by atoms with van der Waals surface area (Å²) >= 11 is 1.60. The molecule has 0 fully saturated rings. The molecule has 1 heterocycles. The van der Waals surface area contributed by atoms with Gasteiger partial charge >= 0.3 is 0 Å². The van der Waals surface area contributed by atoms with Crippen molar-refractivity contribution < 1.29 is 4.79 Å². The third-order valence-electron chi connectivity index (χ3n) is 2.61. The van der Waals surface area contributed by atoms with Crippen LogP contribution in [0.5, 0.6) is 0 Å². The average Bonchev–Trinajstić information content (AvgIpc) is 2.39. The lowest BCUT2D eigenvalue weighted by atomic mass is 10.2. The summed E-state index contributed by atoms with van der Waals surface area (Å²) < 4.78 is 0. The fourth-order valence-corrected chi connectivity index (χ4v) is 2.55. The van der Waals surface area contributed by atoms with Gasteiger partial charge in [0.15, 0.2) is 0 Å². The molecule has 0 unspecified atom stereocenters. The SMILES string of the molecule is Cc1ccccc1SCC(=O)Cc1cccnc1. The minimum absolute atomic E-state index is 0.233. The summed E-state index contributed by atoms with van der Waals surface area (Å²) in [6.45, 7) is 2.06. The zero-order chi connectivity index (χ0) is 12.8. The summed E-state index contributed by atoms with van der Waals surface area (Å²) in [6.07, 6.45) is 3.93. The zero-order valence-corrected chi connectivity index (χ0v) is 11.1. The van der Waals surface area contributed by atoms with Gasteiger partial charge in [-0.15, -0.1) is 11.8 Å². The molecule has 92 valence electrons. The predicted octanol–water partition coefficient (Wildman–Crippen LogP) is 3.29. The van der Waals surface area contributed by atoms with Gasteiger partial charge in [-0.2, -0.15) is 0 Å². The van der Waals surface area contributed by atoms with Crippen molar-refractivity contribution >= 4 is 17.5 Å². The Morgan fingerprint density at radius 3 is 2.78 bits per heavy atom. The van der Waals surface area contributed by atoms with E-state index in [1.165, 1.54) is 10.5 Å². The Balaban J connectivity index is 1.88. The maximum Gasteiger partial charge on any atom is 0.147 e. The largest absolute Gasteiger partial charge is 0.298 e. The first-order valence-corrected chi connectivity index (χ1v) is 6.83. The van der Waals surface area contributed by atoms with Gasteiger partial charge in [0.2, 0.25) is 0 Å². The van der Waals surface area contributed by atoms with E-state index in [0.717, 1.165) is 5.56 Å². The first-order valence-electron chi connectivity index (χ1n) is 5.85. The number of carbonyl (C=O) groups excluding carboxylic acids is 1. The first kappa shape index (κ1) is 12.8. The van der Waals surface area contributed by atoms with E-state index in [1.54, 1.807) is 24.2 Å². The third-order valence-corrected chi connectivity index (χ3v) is 3.84. The van der Waals surface area contributed by atoms with Gasteiger partial charge in [0.1, 0.15) is 5.78 Å². The molecule has 2 aromatic rings. The highest BCUT2D eigenvalue weighted by atomic mass is 32.2. The molecule has 1 aromatic heterocycles. The second-order valence-electron chi connectivity index (χ2n) is 4.13. The Kier molecular flexibility index (Phi) is 4.53. The highest BCUT2D eigenvalue weighted by Crippen LogP contribution is 2.21. The number of aryl methyl sites for hydroxylation is 1. The number of carbonyl (C=O) groups is 1. The van der Waals surface area contributed by atoms with Gasteiger partial charge in [0, 0.05) is 23.7 Å². The molecule has 0 aliphatic rings. The van der Waals surface area contributed by atoms with Crippen LogP contribution in [0, 0.1) is 6.92 Å². The van der Waals surface area contributed by atoms with E-state index >= 15 is 0 Å². The van der Waals surface area contributed by atoms with Crippen molar-refractivity contribution in [2.75, 3.05) is 5.75 Å². The molecule has 2 nitrogen and oxygen atoms in total. The lowest BCUT2D eigenvalue weighted by Gasteiger charge is -2.04. The molecular formula is C15H15NOS. The van der Waals surface area contributed by atoms with Crippen LogP contribution in [0.4, 0.5) is 0 Å². The van der Waals surface area contributed by atoms with Crippen molar-refractivity contribution in [3.8, 4) is 0 Å². The van der Waals surface area contributed by atoms with Crippen LogP contribution < -0.4 is 0 Å². The van der Waals surface area contributed by atoms with Gasteiger partial charge in [-0.25, -0.2) is 0 Å². The van der Waals surface area contributed by atoms with Crippen LogP contribution in [0.15, 0.2) is 53.7 Å². The number of thioether (sulfide) groups is 1. The monoisotopic (exact) mass is 257 g/mol. The number of rotatable bonds is 5. The van der Waals surface area contributed by atoms with Crippen molar-refractivity contribution in [3.63, 3.8) is 0 Å². The number of hydrogen-bond donors (Lipinski definition) is 0. The minimum Gasteiger partial charge on any atom is -0.298 e. The van der Waals surface area contributed by atoms with E-state index < -0.39 is 0 Å². The molecule has 18 heavy (non-hydrogen) atoms. The Labute approximate surface area is 111 Å². The number of hydrogen-bond acceptors (Lipinski definition) is 3. The Bertz CT molecular complexity index is 525. The van der Waals surface area contributed by atoms with E-state index in [2.05, 4.69) is 24.0 Å². The minimum atomic E-state index is 0.233. The van der Waals surface area contributed by atoms with Gasteiger partial charge in [0.25, 0.3) is 0 Å². The molecule has 0 saturated heterocycles. The van der Waals surface area contributed by atoms with Gasteiger partial charge in [-0.05, 0) is 30.2 Å². The predicted molar refractivity (Wildman–Crippen MR) is 74.9 cm³/mol. The molecule has 1 aromatic carbocycles. The quantitative estimate of drug-likeness (QED) is 0.770. The third kappa shape index (κ3) is 3.70. The maximum absolute atomic E-state index is 11.8. The van der Waals surface area contributed by atoms with Crippen molar-refractivity contribution in [1.29, 1.82) is 0 Å². The van der Waals surface area contributed by atoms with Crippen molar-refractivity contribution in [1.82, 2.24) is 4.98 Å². The highest BCUT2D eigenvalue weighted by Gasteiger charge is 2.06. The van der Waals surface area contributed by atoms with Crippen LogP contribution in [0.2, 0.25) is 0 Å². The molecule has 0 N–H and O–H groups in total. The smallest absolute Gasteiger partial charge is 0.147 e. The lowest BCUT2D eigenvalue weighted by Crippen LogP contribution is -2.05. The van der Waals surface area contributed by atoms with Crippen LogP contribution in [-0.2, 0) is 11.2 Å². The van der Waals surface area contributed by atoms with E-state index in [4.69, 9.17) is 0 Å². The molecule has 2 rings (SSSR count). The number of pyridine rings is 1. The second-order valence-corrected chi connectivity index (χ2v) is 5.15. The molecule has 0 amide bonds. The van der Waals surface area contributed by atoms with Crippen LogP contribution in [0.3, 0.4) is 0 Å². The fourth-order valence-electron chi connectivity index (χ4n) is 1.66. The Hall–Kier alpha value is -1.61. The summed E-state index contributed by atoms with van der Waals surface area (Å²) in [4.78, 5) is 17.0. The summed E-state index contributed by atoms with van der Waals surface area (Å²) in [6, 6.07) is 11.9. The number of aromatic nitrogens is 1. The van der Waals surface area contributed by atoms with E-state index in [9.17, 15) is 4.79 Å². The number of ketones is 1. The molecule has 0 radical (unpaired) electrons. The van der Waals surface area contributed by atoms with E-state index in [0.29, 0.717) is 12.2 Å². The van der Waals surface area contributed by atoms with Gasteiger partial charge in [0.05, 0.1) is 5.75 Å². The van der Waals surface area contributed by atoms with E-state index in [-0.39, 0.29) is 5.78 Å². The average molecular weight is 257 g/mol. The maximum atomic E-state index is 11.8. The van der Waals surface area contributed by atoms with E-state index in [1.807, 2.05) is 24.3 Å². The summed E-state index contributed by atoms with van der Waals surface area (Å²) in [5.41, 5.74) is 2.20. The normalized spacial score (nSPS) is 10.3. The molecule has 0 aliphatic carbocycles. The number of nitrogens with zero attached hydrogens (tertiary/aromatic N) is 1. The van der Waals surface area contributed by atoms with Crippen LogP contribution >= 0.6 is 11.8 Å². The molecule has 0 saturated carbocycles. The van der Waals surface area contributed by atoms with Crippen LogP contribution in [0.25, 0.3) is 0 Å². The number of benzene rings is 1. The van der Waals surface area contributed by atoms with Gasteiger partial charge < -0.3 is 0 Å². The lowest BCUT2D eigenvalue weighted by molar-refractivity contribution is -0.116. The summed E-state index contributed by atoms with van der Waals surface area (Å²) in [5, 5.41) is 0. The Morgan fingerprint density at radius 1 is 1.22 bits per heavy atom.